The lowest BCUT2D eigenvalue weighted by atomic mass is 9.93. The topological polar surface area (TPSA) is 12.9 Å². The maximum absolute atomic E-state index is 5.17. The van der Waals surface area contributed by atoms with E-state index in [1.165, 1.54) is 0 Å². The third-order valence-electron chi connectivity index (χ3n) is 1.53. The van der Waals surface area contributed by atoms with Crippen LogP contribution in [-0.4, -0.2) is 10.7 Å². The summed E-state index contributed by atoms with van der Waals surface area (Å²) in [5.41, 5.74) is 1.29. The number of hydrogen-bond acceptors (Lipinski definition) is 3. The van der Waals surface area contributed by atoms with Gasteiger partial charge in [-0.1, -0.05) is 38.5 Å². The largest absolute Gasteiger partial charge is 0.234 e. The molecule has 1 aromatic rings. The van der Waals surface area contributed by atoms with Crippen LogP contribution in [0.3, 0.4) is 0 Å². The van der Waals surface area contributed by atoms with Crippen molar-refractivity contribution in [2.24, 2.45) is 0 Å². The summed E-state index contributed by atoms with van der Waals surface area (Å²) in [5.74, 6) is 3.30. The summed E-state index contributed by atoms with van der Waals surface area (Å²) in [6, 6.07) is 0. The molecular formula is C10H13NS2. The van der Waals surface area contributed by atoms with Crippen molar-refractivity contribution in [3.63, 3.8) is 0 Å². The average molecular weight is 211 g/mol. The van der Waals surface area contributed by atoms with Crippen molar-refractivity contribution in [3.05, 3.63) is 11.1 Å². The van der Waals surface area contributed by atoms with Crippen molar-refractivity contribution in [1.29, 1.82) is 0 Å². The molecule has 0 aliphatic carbocycles. The average Bonchev–Trinajstić information content (AvgIpc) is 2.47. The monoisotopic (exact) mass is 211 g/mol. The SMILES string of the molecule is C#CCSc1nc(C(C)(C)C)cs1. The van der Waals surface area contributed by atoms with Gasteiger partial charge < -0.3 is 0 Å². The van der Waals surface area contributed by atoms with E-state index >= 15 is 0 Å². The lowest BCUT2D eigenvalue weighted by Crippen LogP contribution is -2.11. The van der Waals surface area contributed by atoms with E-state index < -0.39 is 0 Å². The predicted octanol–water partition coefficient (Wildman–Crippen LogP) is 3.17. The maximum Gasteiger partial charge on any atom is 0.151 e. The highest BCUT2D eigenvalue weighted by molar-refractivity contribution is 8.01. The fourth-order valence-corrected chi connectivity index (χ4v) is 2.50. The number of rotatable bonds is 2. The normalized spacial score (nSPS) is 11.2. The standard InChI is InChI=1S/C10H13NS2/c1-5-6-12-9-11-8(7-13-9)10(2,3)4/h1,7H,6H2,2-4H3. The van der Waals surface area contributed by atoms with E-state index in [4.69, 9.17) is 6.42 Å². The predicted molar refractivity (Wildman–Crippen MR) is 60.4 cm³/mol. The summed E-state index contributed by atoms with van der Waals surface area (Å²) in [6.07, 6.45) is 5.17. The van der Waals surface area contributed by atoms with Crippen LogP contribution in [0.4, 0.5) is 0 Å². The number of terminal acetylenes is 1. The highest BCUT2D eigenvalue weighted by Gasteiger charge is 2.17. The van der Waals surface area contributed by atoms with Crippen molar-refractivity contribution in [2.45, 2.75) is 30.5 Å². The van der Waals surface area contributed by atoms with Crippen LogP contribution in [0.2, 0.25) is 0 Å². The van der Waals surface area contributed by atoms with Gasteiger partial charge in [0.05, 0.1) is 11.4 Å². The molecule has 0 N–H and O–H groups in total. The van der Waals surface area contributed by atoms with Gasteiger partial charge in [0.15, 0.2) is 4.34 Å². The van der Waals surface area contributed by atoms with E-state index in [0.29, 0.717) is 5.75 Å². The molecule has 1 rings (SSSR count). The van der Waals surface area contributed by atoms with E-state index in [1.807, 2.05) is 0 Å². The van der Waals surface area contributed by atoms with E-state index in [-0.39, 0.29) is 5.41 Å². The Labute approximate surface area is 88.0 Å². The first kappa shape index (κ1) is 10.6. The number of aromatic nitrogens is 1. The molecule has 0 amide bonds. The molecule has 1 nitrogen and oxygen atoms in total. The number of thiazole rings is 1. The summed E-state index contributed by atoms with van der Waals surface area (Å²) in [4.78, 5) is 4.50. The van der Waals surface area contributed by atoms with Crippen LogP contribution < -0.4 is 0 Å². The zero-order chi connectivity index (χ0) is 9.90. The molecule has 0 saturated heterocycles. The summed E-state index contributed by atoms with van der Waals surface area (Å²) in [6.45, 7) is 6.49. The minimum Gasteiger partial charge on any atom is -0.234 e. The number of nitrogens with zero attached hydrogens (tertiary/aromatic N) is 1. The van der Waals surface area contributed by atoms with Gasteiger partial charge in [-0.3, -0.25) is 0 Å². The fraction of sp³-hybridized carbons (Fsp3) is 0.500. The molecule has 0 aliphatic heterocycles. The van der Waals surface area contributed by atoms with Gasteiger partial charge >= 0.3 is 0 Å². The van der Waals surface area contributed by atoms with Crippen LogP contribution in [0.1, 0.15) is 26.5 Å². The minimum absolute atomic E-state index is 0.144. The van der Waals surface area contributed by atoms with E-state index in [9.17, 15) is 0 Å². The van der Waals surface area contributed by atoms with Crippen LogP contribution in [0.25, 0.3) is 0 Å². The Hall–Kier alpha value is -0.460. The summed E-state index contributed by atoms with van der Waals surface area (Å²) < 4.78 is 1.07. The van der Waals surface area contributed by atoms with Crippen molar-refractivity contribution in [1.82, 2.24) is 4.98 Å². The molecule has 1 aromatic heterocycles. The fourth-order valence-electron chi connectivity index (χ4n) is 0.771. The van der Waals surface area contributed by atoms with Gasteiger partial charge in [0.25, 0.3) is 0 Å². The molecule has 0 aliphatic rings. The molecule has 13 heavy (non-hydrogen) atoms. The van der Waals surface area contributed by atoms with Gasteiger partial charge in [0, 0.05) is 10.8 Å². The first-order valence-corrected chi connectivity index (χ1v) is 5.93. The first-order valence-electron chi connectivity index (χ1n) is 4.06. The molecule has 70 valence electrons. The zero-order valence-corrected chi connectivity index (χ0v) is 9.76. The van der Waals surface area contributed by atoms with Crippen LogP contribution in [0.5, 0.6) is 0 Å². The van der Waals surface area contributed by atoms with Crippen LogP contribution in [-0.2, 0) is 5.41 Å². The van der Waals surface area contributed by atoms with Crippen LogP contribution in [0.15, 0.2) is 9.72 Å². The van der Waals surface area contributed by atoms with Gasteiger partial charge in [-0.2, -0.15) is 0 Å². The summed E-state index contributed by atoms with van der Waals surface area (Å²) in [5, 5.41) is 2.11. The lowest BCUT2D eigenvalue weighted by Gasteiger charge is -2.13. The second kappa shape index (κ2) is 4.17. The zero-order valence-electron chi connectivity index (χ0n) is 8.13. The molecule has 0 saturated carbocycles. The quantitative estimate of drug-likeness (QED) is 0.550. The van der Waals surface area contributed by atoms with Gasteiger partial charge in [-0.25, -0.2) is 4.98 Å². The molecule has 0 atom stereocenters. The molecule has 0 spiro atoms. The molecule has 0 aromatic carbocycles. The number of hydrogen-bond donors (Lipinski definition) is 0. The first-order chi connectivity index (χ1) is 6.04. The van der Waals surface area contributed by atoms with Gasteiger partial charge in [-0.15, -0.1) is 17.8 Å². The van der Waals surface area contributed by atoms with Crippen molar-refractivity contribution >= 4 is 23.1 Å². The Balaban J connectivity index is 2.71. The Kier molecular flexibility index (Phi) is 3.40. The Morgan fingerprint density at radius 1 is 1.62 bits per heavy atom. The summed E-state index contributed by atoms with van der Waals surface area (Å²) in [7, 11) is 0. The van der Waals surface area contributed by atoms with Crippen molar-refractivity contribution in [2.75, 3.05) is 5.75 Å². The summed E-state index contributed by atoms with van der Waals surface area (Å²) >= 11 is 3.30. The van der Waals surface area contributed by atoms with Crippen LogP contribution >= 0.6 is 23.1 Å². The molecule has 0 fully saturated rings. The number of thioether (sulfide) groups is 1. The second-order valence-corrected chi connectivity index (χ2v) is 5.82. The molecule has 0 bridgehead atoms. The van der Waals surface area contributed by atoms with Crippen molar-refractivity contribution < 1.29 is 0 Å². The minimum atomic E-state index is 0.144. The Bertz CT molecular complexity index is 314. The van der Waals surface area contributed by atoms with E-state index in [2.05, 4.69) is 37.1 Å². The van der Waals surface area contributed by atoms with Gasteiger partial charge in [-0.05, 0) is 0 Å². The highest BCUT2D eigenvalue weighted by Crippen LogP contribution is 2.28. The second-order valence-electron chi connectivity index (χ2n) is 3.74. The van der Waals surface area contributed by atoms with E-state index in [1.54, 1.807) is 23.1 Å². The maximum atomic E-state index is 5.17. The lowest BCUT2D eigenvalue weighted by molar-refractivity contribution is 0.569. The van der Waals surface area contributed by atoms with Gasteiger partial charge in [0.1, 0.15) is 0 Å². The third-order valence-corrected chi connectivity index (χ3v) is 3.46. The third kappa shape index (κ3) is 3.06. The van der Waals surface area contributed by atoms with Crippen LogP contribution in [0, 0.1) is 12.3 Å². The molecule has 0 unspecified atom stereocenters. The Morgan fingerprint density at radius 2 is 2.31 bits per heavy atom. The molecule has 1 heterocycles. The molecular weight excluding hydrogens is 198 g/mol. The highest BCUT2D eigenvalue weighted by atomic mass is 32.2. The van der Waals surface area contributed by atoms with Gasteiger partial charge in [0.2, 0.25) is 0 Å². The Morgan fingerprint density at radius 3 is 2.77 bits per heavy atom. The van der Waals surface area contributed by atoms with Crippen molar-refractivity contribution in [3.8, 4) is 12.3 Å². The smallest absolute Gasteiger partial charge is 0.151 e. The van der Waals surface area contributed by atoms with E-state index in [0.717, 1.165) is 10.0 Å². The molecule has 0 radical (unpaired) electrons. The molecule has 3 heteroatoms.